The summed E-state index contributed by atoms with van der Waals surface area (Å²) >= 11 is 1.63. The van der Waals surface area contributed by atoms with Crippen molar-refractivity contribution >= 4 is 33.3 Å². The van der Waals surface area contributed by atoms with Crippen LogP contribution in [0, 0.1) is 0 Å². The van der Waals surface area contributed by atoms with Gasteiger partial charge in [-0.2, -0.15) is 0 Å². The topological polar surface area (TPSA) is 80.2 Å². The third-order valence-corrected chi connectivity index (χ3v) is 7.11. The number of rotatable bonds is 5. The van der Waals surface area contributed by atoms with Gasteiger partial charge >= 0.3 is 0 Å². The molecule has 0 saturated carbocycles. The predicted molar refractivity (Wildman–Crippen MR) is 131 cm³/mol. The molecule has 0 unspecified atom stereocenters. The number of hydrogen-bond acceptors (Lipinski definition) is 7. The number of anilines is 1. The first-order chi connectivity index (χ1) is 16.0. The molecular formula is C25H25N5O2S. The Morgan fingerprint density at radius 3 is 2.61 bits per heavy atom. The number of nitrogens with one attached hydrogen (secondary N) is 1. The van der Waals surface area contributed by atoms with Gasteiger partial charge in [0.05, 0.1) is 29.0 Å². The van der Waals surface area contributed by atoms with Crippen LogP contribution in [0.1, 0.15) is 29.1 Å². The maximum Gasteiger partial charge on any atom is 0.251 e. The standard InChI is InChI=1S/C25H25N5O2S/c1-25(2,29-24(31)17-7-4-3-5-8-17)20-15-19-21(33-20)23(30-11-13-32-14-12-30)28-22(27-19)18-9-6-10-26-16-18/h3-10,15-16H,11-14H2,1-2H3,(H,29,31). The maximum atomic E-state index is 12.8. The number of benzene rings is 1. The smallest absolute Gasteiger partial charge is 0.251 e. The summed E-state index contributed by atoms with van der Waals surface area (Å²) in [4.78, 5) is 30.1. The number of amides is 1. The Labute approximate surface area is 196 Å². The molecule has 1 saturated heterocycles. The molecule has 8 heteroatoms. The van der Waals surface area contributed by atoms with Crippen molar-refractivity contribution in [2.24, 2.45) is 0 Å². The Morgan fingerprint density at radius 1 is 1.09 bits per heavy atom. The largest absolute Gasteiger partial charge is 0.378 e. The van der Waals surface area contributed by atoms with Gasteiger partial charge in [0.15, 0.2) is 11.6 Å². The van der Waals surface area contributed by atoms with Gasteiger partial charge in [0.1, 0.15) is 0 Å². The lowest BCUT2D eigenvalue weighted by atomic mass is 10.0. The lowest BCUT2D eigenvalue weighted by Crippen LogP contribution is -2.40. The van der Waals surface area contributed by atoms with E-state index in [1.807, 2.05) is 56.3 Å². The summed E-state index contributed by atoms with van der Waals surface area (Å²) in [6.45, 7) is 6.93. The molecule has 1 fully saturated rings. The van der Waals surface area contributed by atoms with Gasteiger partial charge in [-0.15, -0.1) is 11.3 Å². The fourth-order valence-electron chi connectivity index (χ4n) is 3.84. The van der Waals surface area contributed by atoms with Crippen molar-refractivity contribution in [2.45, 2.75) is 19.4 Å². The molecule has 7 nitrogen and oxygen atoms in total. The zero-order valence-electron chi connectivity index (χ0n) is 18.6. The van der Waals surface area contributed by atoms with E-state index in [1.54, 1.807) is 23.7 Å². The zero-order chi connectivity index (χ0) is 22.8. The first-order valence-corrected chi connectivity index (χ1v) is 11.8. The summed E-state index contributed by atoms with van der Waals surface area (Å²) in [5.74, 6) is 1.45. The molecule has 1 amide bonds. The Bertz CT molecular complexity index is 1270. The number of carbonyl (C=O) groups excluding carboxylic acids is 1. The van der Waals surface area contributed by atoms with Crippen molar-refractivity contribution in [2.75, 3.05) is 31.2 Å². The second kappa shape index (κ2) is 8.88. The molecular weight excluding hydrogens is 434 g/mol. The summed E-state index contributed by atoms with van der Waals surface area (Å²) < 4.78 is 6.57. The first kappa shape index (κ1) is 21.5. The molecule has 1 aliphatic rings. The number of nitrogens with zero attached hydrogens (tertiary/aromatic N) is 4. The lowest BCUT2D eigenvalue weighted by molar-refractivity contribution is 0.0913. The van der Waals surface area contributed by atoms with Crippen LogP contribution >= 0.6 is 11.3 Å². The quantitative estimate of drug-likeness (QED) is 0.481. The Kier molecular flexibility index (Phi) is 5.78. The minimum absolute atomic E-state index is 0.103. The van der Waals surface area contributed by atoms with Crippen LogP contribution in [0.25, 0.3) is 21.6 Å². The average Bonchev–Trinajstić information content (AvgIpc) is 3.30. The highest BCUT2D eigenvalue weighted by atomic mass is 32.1. The van der Waals surface area contributed by atoms with E-state index >= 15 is 0 Å². The summed E-state index contributed by atoms with van der Waals surface area (Å²) in [5.41, 5.74) is 1.81. The molecule has 1 aromatic carbocycles. The molecule has 168 valence electrons. The number of thiophene rings is 1. The minimum atomic E-state index is -0.574. The van der Waals surface area contributed by atoms with Gasteiger partial charge in [-0.05, 0) is 44.2 Å². The highest BCUT2D eigenvalue weighted by Gasteiger charge is 2.28. The van der Waals surface area contributed by atoms with Crippen LogP contribution in [0.2, 0.25) is 0 Å². The SMILES string of the molecule is CC(C)(NC(=O)c1ccccc1)c1cc2nc(-c3cccnc3)nc(N3CCOCC3)c2s1. The van der Waals surface area contributed by atoms with Crippen molar-refractivity contribution in [1.29, 1.82) is 0 Å². The van der Waals surface area contributed by atoms with Gasteiger partial charge in [-0.25, -0.2) is 9.97 Å². The van der Waals surface area contributed by atoms with E-state index in [4.69, 9.17) is 14.7 Å². The average molecular weight is 460 g/mol. The number of pyridine rings is 1. The fraction of sp³-hybridized carbons (Fsp3) is 0.280. The third kappa shape index (κ3) is 4.44. The van der Waals surface area contributed by atoms with Gasteiger partial charge in [-0.3, -0.25) is 9.78 Å². The van der Waals surface area contributed by atoms with Crippen LogP contribution in [0.5, 0.6) is 0 Å². The molecule has 1 N–H and O–H groups in total. The van der Waals surface area contributed by atoms with Crippen LogP contribution in [0.4, 0.5) is 5.82 Å². The van der Waals surface area contributed by atoms with E-state index in [-0.39, 0.29) is 5.91 Å². The maximum absolute atomic E-state index is 12.8. The Hall–Kier alpha value is -3.36. The van der Waals surface area contributed by atoms with Gasteiger partial charge in [0.25, 0.3) is 5.91 Å². The third-order valence-electron chi connectivity index (χ3n) is 5.66. The number of carbonyl (C=O) groups is 1. The molecule has 0 aliphatic carbocycles. The fourth-order valence-corrected chi connectivity index (χ4v) is 5.02. The number of ether oxygens (including phenoxy) is 1. The van der Waals surface area contributed by atoms with Crippen LogP contribution in [-0.2, 0) is 10.3 Å². The highest BCUT2D eigenvalue weighted by Crippen LogP contribution is 2.38. The molecule has 1 aliphatic heterocycles. The second-order valence-corrected chi connectivity index (χ2v) is 9.53. The molecule has 3 aromatic heterocycles. The second-order valence-electron chi connectivity index (χ2n) is 8.48. The molecule has 5 rings (SSSR count). The highest BCUT2D eigenvalue weighted by molar-refractivity contribution is 7.19. The predicted octanol–water partition coefficient (Wildman–Crippen LogP) is 4.26. The Balaban J connectivity index is 1.56. The van der Waals surface area contributed by atoms with Gasteiger partial charge in [0.2, 0.25) is 0 Å². The summed E-state index contributed by atoms with van der Waals surface area (Å²) in [5, 5.41) is 3.17. The summed E-state index contributed by atoms with van der Waals surface area (Å²) in [6.07, 6.45) is 3.52. The van der Waals surface area contributed by atoms with E-state index < -0.39 is 5.54 Å². The molecule has 33 heavy (non-hydrogen) atoms. The van der Waals surface area contributed by atoms with Crippen LogP contribution in [-0.4, -0.2) is 47.2 Å². The van der Waals surface area contributed by atoms with E-state index in [1.165, 1.54) is 0 Å². The molecule has 0 spiro atoms. The molecule has 4 heterocycles. The van der Waals surface area contributed by atoms with Crippen LogP contribution in [0.3, 0.4) is 0 Å². The number of morpholine rings is 1. The zero-order valence-corrected chi connectivity index (χ0v) is 19.4. The van der Waals surface area contributed by atoms with Gasteiger partial charge in [0, 0.05) is 41.5 Å². The van der Waals surface area contributed by atoms with Crippen molar-refractivity contribution < 1.29 is 9.53 Å². The Morgan fingerprint density at radius 2 is 1.88 bits per heavy atom. The van der Waals surface area contributed by atoms with Gasteiger partial charge in [-0.1, -0.05) is 18.2 Å². The lowest BCUT2D eigenvalue weighted by Gasteiger charge is -2.28. The van der Waals surface area contributed by atoms with Crippen molar-refractivity contribution in [3.05, 3.63) is 71.4 Å². The van der Waals surface area contributed by atoms with Crippen LogP contribution in [0.15, 0.2) is 60.9 Å². The van der Waals surface area contributed by atoms with E-state index in [0.717, 1.165) is 39.6 Å². The monoisotopic (exact) mass is 459 g/mol. The number of hydrogen-bond donors (Lipinski definition) is 1. The summed E-state index contributed by atoms with van der Waals surface area (Å²) in [6, 6.07) is 15.2. The molecule has 0 radical (unpaired) electrons. The number of aromatic nitrogens is 3. The van der Waals surface area contributed by atoms with Crippen molar-refractivity contribution in [1.82, 2.24) is 20.3 Å². The summed E-state index contributed by atoms with van der Waals surface area (Å²) in [7, 11) is 0. The molecule has 4 aromatic rings. The van der Waals surface area contributed by atoms with Crippen molar-refractivity contribution in [3.63, 3.8) is 0 Å². The van der Waals surface area contributed by atoms with Crippen LogP contribution < -0.4 is 10.2 Å². The van der Waals surface area contributed by atoms with E-state index in [9.17, 15) is 4.79 Å². The van der Waals surface area contributed by atoms with E-state index in [2.05, 4.69) is 21.3 Å². The normalized spacial score (nSPS) is 14.4. The number of fused-ring (bicyclic) bond motifs is 1. The minimum Gasteiger partial charge on any atom is -0.378 e. The van der Waals surface area contributed by atoms with E-state index in [0.29, 0.717) is 24.6 Å². The molecule has 0 atom stereocenters. The molecule has 0 bridgehead atoms. The van der Waals surface area contributed by atoms with Crippen molar-refractivity contribution in [3.8, 4) is 11.4 Å². The van der Waals surface area contributed by atoms with Gasteiger partial charge < -0.3 is 15.0 Å². The first-order valence-electron chi connectivity index (χ1n) is 10.9.